The van der Waals surface area contributed by atoms with E-state index in [0.717, 1.165) is 5.56 Å². The molecular weight excluding hydrogens is 342 g/mol. The molecule has 0 aliphatic carbocycles. The number of rotatable bonds is 3. The Labute approximate surface area is 156 Å². The van der Waals surface area contributed by atoms with Crippen molar-refractivity contribution in [3.8, 4) is 11.5 Å². The maximum Gasteiger partial charge on any atom is 0.337 e. The number of hydrogen-bond acceptors (Lipinski definition) is 4. The number of ether oxygens (including phenoxy) is 2. The zero-order valence-electron chi connectivity index (χ0n) is 14.7. The molecule has 0 spiro atoms. The van der Waals surface area contributed by atoms with Crippen LogP contribution in [0.5, 0.6) is 11.5 Å². The van der Waals surface area contributed by atoms with Crippen LogP contribution in [0.2, 0.25) is 0 Å². The maximum atomic E-state index is 13.2. The van der Waals surface area contributed by atoms with Gasteiger partial charge in [0.25, 0.3) is 5.91 Å². The van der Waals surface area contributed by atoms with Crippen LogP contribution in [-0.4, -0.2) is 19.0 Å². The van der Waals surface area contributed by atoms with Gasteiger partial charge in [-0.1, -0.05) is 36.4 Å². The fourth-order valence-electron chi connectivity index (χ4n) is 3.08. The molecule has 134 valence electrons. The first kappa shape index (κ1) is 16.8. The number of nitrogens with zero attached hydrogens (tertiary/aromatic N) is 1. The summed E-state index contributed by atoms with van der Waals surface area (Å²) in [7, 11) is 1.35. The lowest BCUT2D eigenvalue weighted by Gasteiger charge is -2.22. The number of carbonyl (C=O) groups is 2. The van der Waals surface area contributed by atoms with Gasteiger partial charge in [-0.3, -0.25) is 4.79 Å². The van der Waals surface area contributed by atoms with Crippen molar-refractivity contribution in [1.29, 1.82) is 0 Å². The van der Waals surface area contributed by atoms with Crippen molar-refractivity contribution in [2.45, 2.75) is 6.54 Å². The number of esters is 1. The molecule has 3 aromatic rings. The van der Waals surface area contributed by atoms with Gasteiger partial charge in [0.2, 0.25) is 0 Å². The Morgan fingerprint density at radius 1 is 0.926 bits per heavy atom. The van der Waals surface area contributed by atoms with E-state index in [2.05, 4.69) is 0 Å². The number of benzene rings is 3. The molecule has 5 heteroatoms. The van der Waals surface area contributed by atoms with Gasteiger partial charge in [0.05, 0.1) is 30.5 Å². The van der Waals surface area contributed by atoms with E-state index in [-0.39, 0.29) is 11.9 Å². The minimum Gasteiger partial charge on any atom is -0.465 e. The summed E-state index contributed by atoms with van der Waals surface area (Å²) in [5.41, 5.74) is 2.58. The molecule has 0 aromatic heterocycles. The minimum absolute atomic E-state index is 0.132. The lowest BCUT2D eigenvalue weighted by molar-refractivity contribution is 0.0600. The fraction of sp³-hybridized carbons (Fsp3) is 0.0909. The van der Waals surface area contributed by atoms with Gasteiger partial charge in [-0.25, -0.2) is 4.79 Å². The van der Waals surface area contributed by atoms with Gasteiger partial charge in [-0.2, -0.15) is 0 Å². The highest BCUT2D eigenvalue weighted by molar-refractivity contribution is 6.09. The van der Waals surface area contributed by atoms with Crippen LogP contribution in [0.1, 0.15) is 26.3 Å². The highest BCUT2D eigenvalue weighted by atomic mass is 16.5. The Kier molecular flexibility index (Phi) is 4.34. The summed E-state index contributed by atoms with van der Waals surface area (Å²) in [6.07, 6.45) is 0. The van der Waals surface area contributed by atoms with Crippen LogP contribution >= 0.6 is 0 Å². The summed E-state index contributed by atoms with van der Waals surface area (Å²) in [5.74, 6) is 0.646. The molecule has 0 saturated heterocycles. The first-order chi connectivity index (χ1) is 13.2. The van der Waals surface area contributed by atoms with Gasteiger partial charge in [-0.05, 0) is 42.0 Å². The zero-order valence-corrected chi connectivity index (χ0v) is 14.7. The Bertz CT molecular complexity index is 1010. The van der Waals surface area contributed by atoms with Crippen LogP contribution < -0.4 is 9.64 Å². The third kappa shape index (κ3) is 3.15. The molecule has 1 aliphatic heterocycles. The molecule has 0 N–H and O–H groups in total. The van der Waals surface area contributed by atoms with Crippen LogP contribution in [0.25, 0.3) is 0 Å². The Morgan fingerprint density at radius 2 is 1.59 bits per heavy atom. The second kappa shape index (κ2) is 6.96. The van der Waals surface area contributed by atoms with E-state index in [9.17, 15) is 9.59 Å². The smallest absolute Gasteiger partial charge is 0.337 e. The molecule has 0 saturated carbocycles. The van der Waals surface area contributed by atoms with Crippen LogP contribution in [0, 0.1) is 0 Å². The van der Waals surface area contributed by atoms with Crippen molar-refractivity contribution >= 4 is 17.6 Å². The quantitative estimate of drug-likeness (QED) is 0.650. The Balaban J connectivity index is 1.72. The average Bonchev–Trinajstić information content (AvgIpc) is 2.83. The lowest BCUT2D eigenvalue weighted by Crippen LogP contribution is -2.29. The van der Waals surface area contributed by atoms with Gasteiger partial charge >= 0.3 is 5.97 Å². The van der Waals surface area contributed by atoms with Gasteiger partial charge < -0.3 is 14.4 Å². The molecule has 1 heterocycles. The van der Waals surface area contributed by atoms with Crippen molar-refractivity contribution in [1.82, 2.24) is 0 Å². The Morgan fingerprint density at radius 3 is 2.33 bits per heavy atom. The molecule has 3 aromatic carbocycles. The topological polar surface area (TPSA) is 55.8 Å². The van der Waals surface area contributed by atoms with Crippen molar-refractivity contribution in [2.24, 2.45) is 0 Å². The number of carbonyl (C=O) groups excluding carboxylic acids is 2. The Hall–Kier alpha value is -3.60. The van der Waals surface area contributed by atoms with Gasteiger partial charge in [0.1, 0.15) is 5.75 Å². The van der Waals surface area contributed by atoms with Crippen LogP contribution in [0.15, 0.2) is 72.8 Å². The van der Waals surface area contributed by atoms with E-state index in [4.69, 9.17) is 9.47 Å². The molecule has 5 nitrogen and oxygen atoms in total. The second-order valence-electron chi connectivity index (χ2n) is 6.15. The van der Waals surface area contributed by atoms with Gasteiger partial charge in [0.15, 0.2) is 5.75 Å². The molecular formula is C22H17NO4. The van der Waals surface area contributed by atoms with Crippen molar-refractivity contribution in [3.05, 3.63) is 89.5 Å². The minimum atomic E-state index is -0.389. The number of methoxy groups -OCH3 is 1. The number of anilines is 1. The summed E-state index contributed by atoms with van der Waals surface area (Å²) in [4.78, 5) is 26.5. The first-order valence-electron chi connectivity index (χ1n) is 8.52. The molecule has 0 bridgehead atoms. The largest absolute Gasteiger partial charge is 0.465 e. The third-order valence-electron chi connectivity index (χ3n) is 4.45. The van der Waals surface area contributed by atoms with E-state index in [1.807, 2.05) is 48.5 Å². The highest BCUT2D eigenvalue weighted by Gasteiger charge is 2.27. The summed E-state index contributed by atoms with van der Waals surface area (Å²) >= 11 is 0. The normalized spacial score (nSPS) is 12.5. The fourth-order valence-corrected chi connectivity index (χ4v) is 3.08. The standard InChI is InChI=1S/C22H17NO4/c1-26-22(25)16-12-10-15(11-13-16)14-23-18-7-3-5-9-20(18)27-19-8-4-2-6-17(19)21(23)24/h2-13H,14H2,1H3. The van der Waals surface area contributed by atoms with E-state index in [0.29, 0.717) is 34.9 Å². The molecule has 0 radical (unpaired) electrons. The van der Waals surface area contributed by atoms with Crippen LogP contribution in [0.3, 0.4) is 0 Å². The number of fused-ring (bicyclic) bond motifs is 2. The van der Waals surface area contributed by atoms with Crippen LogP contribution in [-0.2, 0) is 11.3 Å². The molecule has 1 amide bonds. The predicted molar refractivity (Wildman–Crippen MR) is 101 cm³/mol. The van der Waals surface area contributed by atoms with Crippen molar-refractivity contribution in [2.75, 3.05) is 12.0 Å². The monoisotopic (exact) mass is 359 g/mol. The van der Waals surface area contributed by atoms with E-state index in [1.165, 1.54) is 7.11 Å². The van der Waals surface area contributed by atoms with E-state index in [1.54, 1.807) is 29.2 Å². The molecule has 0 atom stereocenters. The van der Waals surface area contributed by atoms with Crippen LogP contribution in [0.4, 0.5) is 5.69 Å². The number of amides is 1. The van der Waals surface area contributed by atoms with Gasteiger partial charge in [0, 0.05) is 0 Å². The van der Waals surface area contributed by atoms with E-state index < -0.39 is 0 Å². The molecule has 0 unspecified atom stereocenters. The van der Waals surface area contributed by atoms with Crippen molar-refractivity contribution in [3.63, 3.8) is 0 Å². The lowest BCUT2D eigenvalue weighted by atomic mass is 10.1. The highest BCUT2D eigenvalue weighted by Crippen LogP contribution is 2.39. The first-order valence-corrected chi connectivity index (χ1v) is 8.52. The SMILES string of the molecule is COC(=O)c1ccc(CN2C(=O)c3ccccc3Oc3ccccc32)cc1. The third-order valence-corrected chi connectivity index (χ3v) is 4.45. The van der Waals surface area contributed by atoms with Crippen molar-refractivity contribution < 1.29 is 19.1 Å². The predicted octanol–water partition coefficient (Wildman–Crippen LogP) is 4.43. The summed E-state index contributed by atoms with van der Waals surface area (Å²) in [5, 5.41) is 0. The number of hydrogen-bond donors (Lipinski definition) is 0. The second-order valence-corrected chi connectivity index (χ2v) is 6.15. The van der Waals surface area contributed by atoms with E-state index >= 15 is 0 Å². The average molecular weight is 359 g/mol. The molecule has 27 heavy (non-hydrogen) atoms. The van der Waals surface area contributed by atoms with Gasteiger partial charge in [-0.15, -0.1) is 0 Å². The summed E-state index contributed by atoms with van der Waals surface area (Å²) < 4.78 is 10.7. The molecule has 4 rings (SSSR count). The maximum absolute atomic E-state index is 13.2. The summed E-state index contributed by atoms with van der Waals surface area (Å²) in [6.45, 7) is 0.356. The zero-order chi connectivity index (χ0) is 18.8. The molecule has 0 fully saturated rings. The summed E-state index contributed by atoms with van der Waals surface area (Å²) in [6, 6.07) is 21.7. The number of para-hydroxylation sites is 3. The molecule has 1 aliphatic rings.